The number of hydrogen-bond acceptors (Lipinski definition) is 5. The molecule has 0 saturated carbocycles. The van der Waals surface area contributed by atoms with Crippen LogP contribution in [0.15, 0.2) is 42.5 Å². The highest BCUT2D eigenvalue weighted by Crippen LogP contribution is 2.26. The van der Waals surface area contributed by atoms with Crippen molar-refractivity contribution in [2.45, 2.75) is 6.92 Å². The van der Waals surface area contributed by atoms with E-state index in [1.54, 1.807) is 19.2 Å². The summed E-state index contributed by atoms with van der Waals surface area (Å²) >= 11 is 0. The average Bonchev–Trinajstić information content (AvgIpc) is 2.67. The molecular weight excluding hydrogens is 342 g/mol. The monoisotopic (exact) mass is 369 g/mol. The normalized spacial score (nSPS) is 14.7. The van der Waals surface area contributed by atoms with Crippen molar-refractivity contribution in [2.75, 3.05) is 57.2 Å². The Morgan fingerprint density at radius 3 is 2.44 bits per heavy atom. The number of amides is 1. The third kappa shape index (κ3) is 4.92. The zero-order valence-corrected chi connectivity index (χ0v) is 16.2. The molecule has 1 heterocycles. The Morgan fingerprint density at radius 2 is 1.78 bits per heavy atom. The van der Waals surface area contributed by atoms with E-state index in [1.807, 2.05) is 24.3 Å². The Morgan fingerprint density at radius 1 is 1.07 bits per heavy atom. The molecule has 1 fully saturated rings. The van der Waals surface area contributed by atoms with Crippen molar-refractivity contribution in [1.82, 2.24) is 4.90 Å². The molecule has 144 valence electrons. The van der Waals surface area contributed by atoms with Gasteiger partial charge in [0, 0.05) is 37.6 Å². The molecule has 2 aromatic rings. The third-order valence-corrected chi connectivity index (χ3v) is 4.75. The number of aryl methyl sites for hydroxylation is 1. The minimum absolute atomic E-state index is 0.0698. The fraction of sp³-hybridized carbons (Fsp3) is 0.381. The van der Waals surface area contributed by atoms with Crippen LogP contribution in [0.3, 0.4) is 0 Å². The van der Waals surface area contributed by atoms with Crippen LogP contribution in [0.25, 0.3) is 0 Å². The lowest BCUT2D eigenvalue weighted by Crippen LogP contribution is -2.44. The third-order valence-electron chi connectivity index (χ3n) is 4.75. The van der Waals surface area contributed by atoms with Gasteiger partial charge >= 0.3 is 0 Å². The number of piperazine rings is 1. The van der Waals surface area contributed by atoms with Crippen LogP contribution in [0.1, 0.15) is 5.56 Å². The SMILES string of the molecule is COc1ccccc1OCC(=O)Nc1ccc(N2CCN(C)CC2)c(C)c1. The number of nitrogens with one attached hydrogen (secondary N) is 1. The Kier molecular flexibility index (Phi) is 6.19. The lowest BCUT2D eigenvalue weighted by molar-refractivity contribution is -0.118. The summed E-state index contributed by atoms with van der Waals surface area (Å²) in [6, 6.07) is 13.3. The first kappa shape index (κ1) is 19.0. The molecule has 6 nitrogen and oxygen atoms in total. The molecule has 0 atom stereocenters. The van der Waals surface area contributed by atoms with Crippen LogP contribution in [-0.2, 0) is 4.79 Å². The van der Waals surface area contributed by atoms with Crippen LogP contribution in [-0.4, -0.2) is 57.8 Å². The molecule has 6 heteroatoms. The smallest absolute Gasteiger partial charge is 0.262 e. The summed E-state index contributed by atoms with van der Waals surface area (Å²) in [7, 11) is 3.73. The lowest BCUT2D eigenvalue weighted by Gasteiger charge is -2.35. The summed E-state index contributed by atoms with van der Waals surface area (Å²) < 4.78 is 10.8. The average molecular weight is 369 g/mol. The van der Waals surface area contributed by atoms with E-state index in [-0.39, 0.29) is 12.5 Å². The van der Waals surface area contributed by atoms with Crippen LogP contribution in [0.5, 0.6) is 11.5 Å². The van der Waals surface area contributed by atoms with Crippen LogP contribution >= 0.6 is 0 Å². The van der Waals surface area contributed by atoms with Gasteiger partial charge in [-0.25, -0.2) is 0 Å². The van der Waals surface area contributed by atoms with Gasteiger partial charge in [-0.05, 0) is 49.9 Å². The topological polar surface area (TPSA) is 54.0 Å². The summed E-state index contributed by atoms with van der Waals surface area (Å²) in [6.07, 6.45) is 0. The fourth-order valence-electron chi connectivity index (χ4n) is 3.21. The highest BCUT2D eigenvalue weighted by Gasteiger charge is 2.16. The molecule has 3 rings (SSSR count). The van der Waals surface area contributed by atoms with Gasteiger partial charge in [-0.15, -0.1) is 0 Å². The summed E-state index contributed by atoms with van der Waals surface area (Å²) in [5.41, 5.74) is 3.16. The molecule has 1 N–H and O–H groups in total. The highest BCUT2D eigenvalue weighted by molar-refractivity contribution is 5.92. The number of rotatable bonds is 6. The summed E-state index contributed by atoms with van der Waals surface area (Å²) in [4.78, 5) is 17.0. The largest absolute Gasteiger partial charge is 0.493 e. The fourth-order valence-corrected chi connectivity index (χ4v) is 3.21. The Labute approximate surface area is 160 Å². The van der Waals surface area contributed by atoms with E-state index in [0.29, 0.717) is 11.5 Å². The second-order valence-electron chi connectivity index (χ2n) is 6.78. The molecule has 0 aliphatic carbocycles. The molecule has 27 heavy (non-hydrogen) atoms. The lowest BCUT2D eigenvalue weighted by atomic mass is 10.1. The second-order valence-corrected chi connectivity index (χ2v) is 6.78. The minimum atomic E-state index is -0.201. The number of methoxy groups -OCH3 is 1. The van der Waals surface area contributed by atoms with E-state index in [1.165, 1.54) is 5.69 Å². The number of benzene rings is 2. The number of hydrogen-bond donors (Lipinski definition) is 1. The first-order valence-electron chi connectivity index (χ1n) is 9.16. The number of para-hydroxylation sites is 2. The summed E-state index contributed by atoms with van der Waals surface area (Å²) in [5, 5.41) is 2.90. The zero-order chi connectivity index (χ0) is 19.2. The quantitative estimate of drug-likeness (QED) is 0.849. The molecule has 1 aliphatic heterocycles. The predicted octanol–water partition coefficient (Wildman–Crippen LogP) is 2.77. The second kappa shape index (κ2) is 8.77. The molecular formula is C21H27N3O3. The maximum Gasteiger partial charge on any atom is 0.262 e. The van der Waals surface area contributed by atoms with Gasteiger partial charge in [0.2, 0.25) is 0 Å². The predicted molar refractivity (Wildman–Crippen MR) is 108 cm³/mol. The molecule has 0 spiro atoms. The molecule has 1 saturated heterocycles. The number of likely N-dealkylation sites (N-methyl/N-ethyl adjacent to an activating group) is 1. The van der Waals surface area contributed by atoms with E-state index >= 15 is 0 Å². The summed E-state index contributed by atoms with van der Waals surface area (Å²) in [5.74, 6) is 0.960. The van der Waals surface area contributed by atoms with E-state index in [9.17, 15) is 4.79 Å². The van der Waals surface area contributed by atoms with Crippen LogP contribution < -0.4 is 19.7 Å². The van der Waals surface area contributed by atoms with Gasteiger partial charge in [-0.2, -0.15) is 0 Å². The van der Waals surface area contributed by atoms with Gasteiger partial charge in [0.15, 0.2) is 18.1 Å². The van der Waals surface area contributed by atoms with E-state index in [4.69, 9.17) is 9.47 Å². The van der Waals surface area contributed by atoms with Crippen molar-refractivity contribution < 1.29 is 14.3 Å². The van der Waals surface area contributed by atoms with Gasteiger partial charge < -0.3 is 24.6 Å². The van der Waals surface area contributed by atoms with Crippen molar-refractivity contribution in [3.8, 4) is 11.5 Å². The summed E-state index contributed by atoms with van der Waals surface area (Å²) in [6.45, 7) is 6.19. The van der Waals surface area contributed by atoms with Gasteiger partial charge in [0.1, 0.15) is 0 Å². The molecule has 0 bridgehead atoms. The minimum Gasteiger partial charge on any atom is -0.493 e. The number of carbonyl (C=O) groups excluding carboxylic acids is 1. The first-order valence-corrected chi connectivity index (χ1v) is 9.16. The van der Waals surface area contributed by atoms with Gasteiger partial charge in [0.25, 0.3) is 5.91 Å². The van der Waals surface area contributed by atoms with Crippen LogP contribution in [0.2, 0.25) is 0 Å². The number of nitrogens with zero attached hydrogens (tertiary/aromatic N) is 2. The first-order chi connectivity index (χ1) is 13.1. The highest BCUT2D eigenvalue weighted by atomic mass is 16.5. The number of anilines is 2. The Bertz CT molecular complexity index is 786. The Hall–Kier alpha value is -2.73. The standard InChI is InChI=1S/C21H27N3O3/c1-16-14-17(8-9-18(16)24-12-10-23(2)11-13-24)22-21(25)15-27-20-7-5-4-6-19(20)26-3/h4-9,14H,10-13,15H2,1-3H3,(H,22,25). The van der Waals surface area contributed by atoms with Gasteiger partial charge in [-0.3, -0.25) is 4.79 Å². The van der Waals surface area contributed by atoms with Crippen molar-refractivity contribution in [1.29, 1.82) is 0 Å². The maximum atomic E-state index is 12.2. The molecule has 1 amide bonds. The van der Waals surface area contributed by atoms with Gasteiger partial charge in [0.05, 0.1) is 7.11 Å². The number of ether oxygens (including phenoxy) is 2. The van der Waals surface area contributed by atoms with E-state index in [0.717, 1.165) is 37.4 Å². The number of carbonyl (C=O) groups is 1. The van der Waals surface area contributed by atoms with Crippen molar-refractivity contribution >= 4 is 17.3 Å². The van der Waals surface area contributed by atoms with Crippen molar-refractivity contribution in [3.05, 3.63) is 48.0 Å². The van der Waals surface area contributed by atoms with Gasteiger partial charge in [-0.1, -0.05) is 12.1 Å². The molecule has 0 aromatic heterocycles. The van der Waals surface area contributed by atoms with Crippen molar-refractivity contribution in [2.24, 2.45) is 0 Å². The maximum absolute atomic E-state index is 12.2. The Balaban J connectivity index is 1.57. The zero-order valence-electron chi connectivity index (χ0n) is 16.2. The van der Waals surface area contributed by atoms with Crippen molar-refractivity contribution in [3.63, 3.8) is 0 Å². The van der Waals surface area contributed by atoms with Crippen LogP contribution in [0.4, 0.5) is 11.4 Å². The molecule has 0 radical (unpaired) electrons. The molecule has 2 aromatic carbocycles. The van der Waals surface area contributed by atoms with Crippen LogP contribution in [0, 0.1) is 6.92 Å². The molecule has 1 aliphatic rings. The molecule has 0 unspecified atom stereocenters. The van der Waals surface area contributed by atoms with E-state index < -0.39 is 0 Å². The van der Waals surface area contributed by atoms with E-state index in [2.05, 4.69) is 35.2 Å².